The third kappa shape index (κ3) is 1.07. The maximum Gasteiger partial charge on any atom is 0.189 e. The number of nitrogens with zero attached hydrogens (tertiary/aromatic N) is 3. The summed E-state index contributed by atoms with van der Waals surface area (Å²) in [7, 11) is 0. The van der Waals surface area contributed by atoms with Crippen LogP contribution >= 0.6 is 11.8 Å². The largest absolute Gasteiger partial charge is 0.283 e. The summed E-state index contributed by atoms with van der Waals surface area (Å²) < 4.78 is 0. The van der Waals surface area contributed by atoms with Crippen molar-refractivity contribution < 1.29 is 0 Å². The van der Waals surface area contributed by atoms with Gasteiger partial charge in [-0.2, -0.15) is 5.10 Å². The molecule has 0 aromatic carbocycles. The van der Waals surface area contributed by atoms with Gasteiger partial charge in [0.15, 0.2) is 10.8 Å². The van der Waals surface area contributed by atoms with Gasteiger partial charge in [0.25, 0.3) is 0 Å². The minimum Gasteiger partial charge on any atom is -0.283 e. The number of thioether (sulfide) groups is 1. The number of aromatic amines is 1. The molecule has 0 spiro atoms. The van der Waals surface area contributed by atoms with Crippen LogP contribution in [-0.2, 0) is 0 Å². The molecule has 1 N–H and O–H groups in total. The summed E-state index contributed by atoms with van der Waals surface area (Å²) in [6.45, 7) is 0. The lowest BCUT2D eigenvalue weighted by Gasteiger charge is -1.90. The first-order valence-electron chi connectivity index (χ1n) is 3.10. The van der Waals surface area contributed by atoms with E-state index >= 15 is 0 Å². The first kappa shape index (κ1) is 6.60. The minimum atomic E-state index is 0.726. The molecular formula is C6H6N4S. The van der Waals surface area contributed by atoms with E-state index in [-0.39, 0.29) is 0 Å². The highest BCUT2D eigenvalue weighted by molar-refractivity contribution is 7.98. The van der Waals surface area contributed by atoms with Gasteiger partial charge < -0.3 is 0 Å². The van der Waals surface area contributed by atoms with Gasteiger partial charge in [-0.05, 0) is 6.26 Å². The molecule has 11 heavy (non-hydrogen) atoms. The summed E-state index contributed by atoms with van der Waals surface area (Å²) in [5.41, 5.74) is 0.726. The summed E-state index contributed by atoms with van der Waals surface area (Å²) >= 11 is 1.51. The monoisotopic (exact) mass is 166 g/mol. The number of H-pyrrole nitrogens is 1. The predicted octanol–water partition coefficient (Wildman–Crippen LogP) is 1.07. The van der Waals surface area contributed by atoms with Crippen LogP contribution in [0.5, 0.6) is 0 Å². The lowest BCUT2D eigenvalue weighted by Crippen LogP contribution is -1.84. The van der Waals surface area contributed by atoms with Gasteiger partial charge in [-0.3, -0.25) is 5.10 Å². The number of hydrogen-bond acceptors (Lipinski definition) is 4. The third-order valence-electron chi connectivity index (χ3n) is 1.35. The minimum absolute atomic E-state index is 0.726. The van der Waals surface area contributed by atoms with Crippen LogP contribution in [0, 0.1) is 0 Å². The van der Waals surface area contributed by atoms with E-state index in [2.05, 4.69) is 20.2 Å². The van der Waals surface area contributed by atoms with Crippen LogP contribution in [0.4, 0.5) is 0 Å². The quantitative estimate of drug-likeness (QED) is 0.508. The molecule has 2 aromatic rings. The van der Waals surface area contributed by atoms with Crippen LogP contribution in [0.15, 0.2) is 17.6 Å². The van der Waals surface area contributed by atoms with E-state index < -0.39 is 0 Å². The van der Waals surface area contributed by atoms with Gasteiger partial charge in [-0.15, -0.1) is 0 Å². The van der Waals surface area contributed by atoms with Gasteiger partial charge in [0.2, 0.25) is 0 Å². The lowest BCUT2D eigenvalue weighted by atomic mass is 10.5. The van der Waals surface area contributed by atoms with E-state index in [1.54, 1.807) is 12.4 Å². The van der Waals surface area contributed by atoms with E-state index in [0.29, 0.717) is 0 Å². The Labute approximate surface area is 67.4 Å². The molecule has 2 aromatic heterocycles. The zero-order valence-corrected chi connectivity index (χ0v) is 6.72. The van der Waals surface area contributed by atoms with Crippen molar-refractivity contribution in [2.24, 2.45) is 0 Å². The summed E-state index contributed by atoms with van der Waals surface area (Å²) in [6, 6.07) is 0. The number of rotatable bonds is 1. The molecular weight excluding hydrogens is 160 g/mol. The number of hydrogen-bond donors (Lipinski definition) is 1. The molecule has 0 atom stereocenters. The van der Waals surface area contributed by atoms with Crippen LogP contribution < -0.4 is 0 Å². The normalized spacial score (nSPS) is 10.6. The van der Waals surface area contributed by atoms with Crippen LogP contribution in [0.25, 0.3) is 11.0 Å². The molecule has 0 aliphatic heterocycles. The van der Waals surface area contributed by atoms with Gasteiger partial charge >= 0.3 is 0 Å². The van der Waals surface area contributed by atoms with Crippen molar-refractivity contribution >= 4 is 22.8 Å². The Balaban J connectivity index is 2.67. The first-order valence-corrected chi connectivity index (χ1v) is 4.33. The molecule has 0 aliphatic rings. The standard InChI is InChI=1S/C6H6N4S/c1-11-6-7-2-4-3-8-10-5(4)9-6/h2-3H,1H3,(H,7,8,9,10). The summed E-state index contributed by atoms with van der Waals surface area (Å²) in [4.78, 5) is 8.25. The average Bonchev–Trinajstić information content (AvgIpc) is 2.50. The molecule has 0 fully saturated rings. The van der Waals surface area contributed by atoms with Crippen LogP contribution in [0.1, 0.15) is 0 Å². The van der Waals surface area contributed by atoms with Gasteiger partial charge in [-0.1, -0.05) is 11.8 Å². The molecule has 2 rings (SSSR count). The predicted molar refractivity (Wildman–Crippen MR) is 43.5 cm³/mol. The first-order chi connectivity index (χ1) is 5.40. The Hall–Kier alpha value is -1.10. The van der Waals surface area contributed by atoms with Crippen LogP contribution in [0.3, 0.4) is 0 Å². The van der Waals surface area contributed by atoms with E-state index in [1.165, 1.54) is 11.8 Å². The van der Waals surface area contributed by atoms with Crippen LogP contribution in [0.2, 0.25) is 0 Å². The van der Waals surface area contributed by atoms with E-state index in [1.807, 2.05) is 6.26 Å². The fourth-order valence-electron chi connectivity index (χ4n) is 0.819. The smallest absolute Gasteiger partial charge is 0.189 e. The third-order valence-corrected chi connectivity index (χ3v) is 1.91. The second-order valence-corrected chi connectivity index (χ2v) is 2.79. The van der Waals surface area contributed by atoms with E-state index in [0.717, 1.165) is 16.2 Å². The van der Waals surface area contributed by atoms with Crippen molar-refractivity contribution in [1.82, 2.24) is 20.2 Å². The van der Waals surface area contributed by atoms with E-state index in [4.69, 9.17) is 0 Å². The molecule has 0 unspecified atom stereocenters. The number of fused-ring (bicyclic) bond motifs is 1. The Morgan fingerprint density at radius 3 is 3.27 bits per heavy atom. The fraction of sp³-hybridized carbons (Fsp3) is 0.167. The van der Waals surface area contributed by atoms with Crippen molar-refractivity contribution in [3.05, 3.63) is 12.4 Å². The van der Waals surface area contributed by atoms with Gasteiger partial charge in [0.05, 0.1) is 5.39 Å². The molecule has 0 radical (unpaired) electrons. The highest BCUT2D eigenvalue weighted by Crippen LogP contribution is 2.11. The Kier molecular flexibility index (Phi) is 1.50. The van der Waals surface area contributed by atoms with Crippen molar-refractivity contribution in [3.8, 4) is 0 Å². The molecule has 56 valence electrons. The van der Waals surface area contributed by atoms with Crippen molar-refractivity contribution in [3.63, 3.8) is 0 Å². The SMILES string of the molecule is CSc1ncc2c[nH]nc2n1. The van der Waals surface area contributed by atoms with Gasteiger partial charge in [-0.25, -0.2) is 9.97 Å². The van der Waals surface area contributed by atoms with Crippen molar-refractivity contribution in [2.75, 3.05) is 6.26 Å². The molecule has 0 saturated carbocycles. The fourth-order valence-corrected chi connectivity index (χ4v) is 1.16. The molecule has 0 amide bonds. The number of nitrogens with one attached hydrogen (secondary N) is 1. The molecule has 4 nitrogen and oxygen atoms in total. The molecule has 0 aliphatic carbocycles. The molecule has 5 heteroatoms. The Morgan fingerprint density at radius 2 is 2.45 bits per heavy atom. The Morgan fingerprint density at radius 1 is 1.55 bits per heavy atom. The molecule has 0 saturated heterocycles. The lowest BCUT2D eigenvalue weighted by molar-refractivity contribution is 0.984. The maximum atomic E-state index is 4.16. The zero-order chi connectivity index (χ0) is 7.68. The van der Waals surface area contributed by atoms with E-state index in [9.17, 15) is 0 Å². The summed E-state index contributed by atoms with van der Waals surface area (Å²) in [6.07, 6.45) is 5.48. The summed E-state index contributed by atoms with van der Waals surface area (Å²) in [5.74, 6) is 0. The highest BCUT2D eigenvalue weighted by Gasteiger charge is 1.98. The van der Waals surface area contributed by atoms with Gasteiger partial charge in [0, 0.05) is 12.4 Å². The zero-order valence-electron chi connectivity index (χ0n) is 5.90. The van der Waals surface area contributed by atoms with Gasteiger partial charge in [0.1, 0.15) is 0 Å². The second kappa shape index (κ2) is 2.50. The summed E-state index contributed by atoms with van der Waals surface area (Å²) in [5, 5.41) is 8.37. The topological polar surface area (TPSA) is 54.5 Å². The Bertz CT molecular complexity index is 369. The average molecular weight is 166 g/mol. The molecule has 2 heterocycles. The van der Waals surface area contributed by atoms with Crippen LogP contribution in [-0.4, -0.2) is 26.4 Å². The maximum absolute atomic E-state index is 4.16. The number of aromatic nitrogens is 4. The van der Waals surface area contributed by atoms with Crippen molar-refractivity contribution in [1.29, 1.82) is 0 Å². The highest BCUT2D eigenvalue weighted by atomic mass is 32.2. The molecule has 0 bridgehead atoms. The van der Waals surface area contributed by atoms with Crippen molar-refractivity contribution in [2.45, 2.75) is 5.16 Å². The second-order valence-electron chi connectivity index (χ2n) is 2.02.